The number of methoxy groups -OCH3 is 1. The summed E-state index contributed by atoms with van der Waals surface area (Å²) in [5.41, 5.74) is 0. The van der Waals surface area contributed by atoms with Crippen molar-refractivity contribution < 1.29 is 18.9 Å². The van der Waals surface area contributed by atoms with Crippen LogP contribution in [0.3, 0.4) is 0 Å². The van der Waals surface area contributed by atoms with E-state index in [2.05, 4.69) is 19.9 Å². The largest absolute Gasteiger partial charge is 0.476 e. The summed E-state index contributed by atoms with van der Waals surface area (Å²) in [6, 6.07) is 0. The van der Waals surface area contributed by atoms with Crippen molar-refractivity contribution in [3.05, 3.63) is 12.3 Å². The first-order chi connectivity index (χ1) is 10.8. The van der Waals surface area contributed by atoms with Crippen LogP contribution in [0.25, 0.3) is 0 Å². The molecule has 0 aromatic carbocycles. The summed E-state index contributed by atoms with van der Waals surface area (Å²) in [5.74, 6) is 0. The van der Waals surface area contributed by atoms with E-state index in [9.17, 15) is 0 Å². The molecule has 0 atom stereocenters. The molecule has 4 nitrogen and oxygen atoms in total. The van der Waals surface area contributed by atoms with E-state index >= 15 is 0 Å². The predicted molar refractivity (Wildman–Crippen MR) is 90.7 cm³/mol. The monoisotopic (exact) mass is 316 g/mol. The maximum Gasteiger partial charge on any atom is 0.187 e. The van der Waals surface area contributed by atoms with Gasteiger partial charge in [-0.2, -0.15) is 0 Å². The Morgan fingerprint density at radius 1 is 0.864 bits per heavy atom. The molecule has 0 unspecified atom stereocenters. The van der Waals surface area contributed by atoms with E-state index in [1.165, 1.54) is 32.1 Å². The first-order valence-corrected chi connectivity index (χ1v) is 8.83. The lowest BCUT2D eigenvalue weighted by atomic mass is 10.1. The third-order valence-electron chi connectivity index (χ3n) is 3.20. The fourth-order valence-corrected chi connectivity index (χ4v) is 2.06. The lowest BCUT2D eigenvalue weighted by Crippen LogP contribution is -2.18. The van der Waals surface area contributed by atoms with Crippen LogP contribution in [0.15, 0.2) is 12.3 Å². The van der Waals surface area contributed by atoms with Gasteiger partial charge in [0.2, 0.25) is 0 Å². The highest BCUT2D eigenvalue weighted by atomic mass is 16.7. The van der Waals surface area contributed by atoms with Crippen LogP contribution in [-0.2, 0) is 18.9 Å². The van der Waals surface area contributed by atoms with E-state index < -0.39 is 0 Å². The minimum atomic E-state index is 0.000710. The molecule has 0 rings (SSSR count). The molecule has 0 aliphatic carbocycles. The summed E-state index contributed by atoms with van der Waals surface area (Å²) in [6.45, 7) is 6.19. The predicted octanol–water partition coefficient (Wildman–Crippen LogP) is 5.03. The molecule has 0 saturated carbocycles. The summed E-state index contributed by atoms with van der Waals surface area (Å²) in [6.07, 6.45) is 14.2. The van der Waals surface area contributed by atoms with Crippen LogP contribution in [-0.4, -0.2) is 33.4 Å². The Hall–Kier alpha value is -0.580. The van der Waals surface area contributed by atoms with Gasteiger partial charge in [0, 0.05) is 20.3 Å². The van der Waals surface area contributed by atoms with Gasteiger partial charge >= 0.3 is 0 Å². The summed E-state index contributed by atoms with van der Waals surface area (Å²) in [5, 5.41) is 0. The van der Waals surface area contributed by atoms with Crippen molar-refractivity contribution in [2.75, 3.05) is 27.1 Å². The molecule has 0 spiro atoms. The van der Waals surface area contributed by atoms with E-state index in [1.807, 2.05) is 0 Å². The summed E-state index contributed by atoms with van der Waals surface area (Å²) in [7, 11) is 1.62. The van der Waals surface area contributed by atoms with Crippen molar-refractivity contribution in [3.63, 3.8) is 0 Å². The summed E-state index contributed by atoms with van der Waals surface area (Å²) in [4.78, 5) is 0. The highest BCUT2D eigenvalue weighted by Gasteiger charge is 2.07. The molecule has 4 heteroatoms. The molecule has 0 fully saturated rings. The van der Waals surface area contributed by atoms with Gasteiger partial charge in [0.15, 0.2) is 13.1 Å². The van der Waals surface area contributed by atoms with Crippen LogP contribution < -0.4 is 0 Å². The van der Waals surface area contributed by atoms with Gasteiger partial charge in [0.05, 0.1) is 6.26 Å². The Kier molecular flexibility index (Phi) is 18.0. The Balaban J connectivity index is 3.42. The standard InChI is InChI=1S/C18H36O4/c1-4-14-21-18(22-15-5-2)13-11-9-7-6-8-10-12-16-20-17-19-3/h12,16,18H,4-11,13-15,17H2,1-3H3. The third-order valence-corrected chi connectivity index (χ3v) is 3.20. The molecule has 0 heterocycles. The molecule has 0 aromatic rings. The molecule has 0 saturated heterocycles. The van der Waals surface area contributed by atoms with E-state index in [0.717, 1.165) is 38.9 Å². The zero-order chi connectivity index (χ0) is 16.3. The zero-order valence-electron chi connectivity index (χ0n) is 14.9. The summed E-state index contributed by atoms with van der Waals surface area (Å²) < 4.78 is 21.3. The normalized spacial score (nSPS) is 11.6. The molecule has 0 aliphatic rings. The number of ether oxygens (including phenoxy) is 4. The van der Waals surface area contributed by atoms with E-state index in [-0.39, 0.29) is 6.29 Å². The number of unbranched alkanes of at least 4 members (excludes halogenated alkanes) is 5. The lowest BCUT2D eigenvalue weighted by Gasteiger charge is -2.18. The quantitative estimate of drug-likeness (QED) is 0.214. The lowest BCUT2D eigenvalue weighted by molar-refractivity contribution is -0.146. The van der Waals surface area contributed by atoms with Gasteiger partial charge in [-0.15, -0.1) is 0 Å². The van der Waals surface area contributed by atoms with Gasteiger partial charge in [-0.1, -0.05) is 33.1 Å². The Bertz CT molecular complexity index is 223. The Morgan fingerprint density at radius 2 is 1.50 bits per heavy atom. The Morgan fingerprint density at radius 3 is 2.14 bits per heavy atom. The van der Waals surface area contributed by atoms with Gasteiger partial charge in [0.25, 0.3) is 0 Å². The van der Waals surface area contributed by atoms with Crippen LogP contribution >= 0.6 is 0 Å². The molecular weight excluding hydrogens is 280 g/mol. The van der Waals surface area contributed by atoms with Gasteiger partial charge in [-0.05, 0) is 44.6 Å². The second-order valence-corrected chi connectivity index (χ2v) is 5.46. The molecule has 0 amide bonds. The van der Waals surface area contributed by atoms with Gasteiger partial charge in [-0.25, -0.2) is 0 Å². The molecule has 0 bridgehead atoms. The first kappa shape index (κ1) is 21.4. The third kappa shape index (κ3) is 15.8. The van der Waals surface area contributed by atoms with Crippen molar-refractivity contribution >= 4 is 0 Å². The topological polar surface area (TPSA) is 36.9 Å². The molecule has 0 N–H and O–H groups in total. The summed E-state index contributed by atoms with van der Waals surface area (Å²) >= 11 is 0. The molecule has 0 aliphatic heterocycles. The minimum Gasteiger partial charge on any atom is -0.476 e. The van der Waals surface area contributed by atoms with Gasteiger partial charge in [-0.3, -0.25) is 0 Å². The molecule has 0 aromatic heterocycles. The first-order valence-electron chi connectivity index (χ1n) is 8.83. The number of hydrogen-bond acceptors (Lipinski definition) is 4. The van der Waals surface area contributed by atoms with Crippen LogP contribution in [0.4, 0.5) is 0 Å². The van der Waals surface area contributed by atoms with E-state index in [0.29, 0.717) is 6.79 Å². The molecular formula is C18H36O4. The van der Waals surface area contributed by atoms with Crippen LogP contribution in [0.2, 0.25) is 0 Å². The van der Waals surface area contributed by atoms with Crippen LogP contribution in [0.5, 0.6) is 0 Å². The maximum atomic E-state index is 5.73. The highest BCUT2D eigenvalue weighted by Crippen LogP contribution is 2.12. The van der Waals surface area contributed by atoms with E-state index in [1.54, 1.807) is 13.4 Å². The van der Waals surface area contributed by atoms with Crippen LogP contribution in [0, 0.1) is 0 Å². The number of hydrogen-bond donors (Lipinski definition) is 0. The second-order valence-electron chi connectivity index (χ2n) is 5.46. The smallest absolute Gasteiger partial charge is 0.187 e. The minimum absolute atomic E-state index is 0.000710. The van der Waals surface area contributed by atoms with Gasteiger partial charge < -0.3 is 18.9 Å². The van der Waals surface area contributed by atoms with E-state index in [4.69, 9.17) is 18.9 Å². The van der Waals surface area contributed by atoms with Crippen molar-refractivity contribution in [3.8, 4) is 0 Å². The van der Waals surface area contributed by atoms with Crippen molar-refractivity contribution in [1.82, 2.24) is 0 Å². The number of allylic oxidation sites excluding steroid dienone is 1. The molecule has 0 radical (unpaired) electrons. The average molecular weight is 316 g/mol. The van der Waals surface area contributed by atoms with Crippen molar-refractivity contribution in [1.29, 1.82) is 0 Å². The van der Waals surface area contributed by atoms with Gasteiger partial charge in [0.1, 0.15) is 0 Å². The maximum absolute atomic E-state index is 5.73. The molecule has 22 heavy (non-hydrogen) atoms. The fourth-order valence-electron chi connectivity index (χ4n) is 2.06. The molecule has 132 valence electrons. The zero-order valence-corrected chi connectivity index (χ0v) is 14.9. The Labute approximate surface area is 137 Å². The SMILES string of the molecule is CCCOC(CCCCCCCC=COCOC)OCCC. The fraction of sp³-hybridized carbons (Fsp3) is 0.889. The number of rotatable bonds is 17. The average Bonchev–Trinajstić information content (AvgIpc) is 2.54. The second kappa shape index (κ2) is 18.5. The highest BCUT2D eigenvalue weighted by molar-refractivity contribution is 4.72. The van der Waals surface area contributed by atoms with Crippen LogP contribution in [0.1, 0.15) is 71.6 Å². The van der Waals surface area contributed by atoms with Crippen molar-refractivity contribution in [2.24, 2.45) is 0 Å². The van der Waals surface area contributed by atoms with Crippen molar-refractivity contribution in [2.45, 2.75) is 77.9 Å².